The number of methoxy groups -OCH3 is 1. The number of fused-ring (bicyclic) bond motifs is 1. The fraction of sp³-hybridized carbons (Fsp3) is 0.235. The molecule has 11 heteroatoms. The van der Waals surface area contributed by atoms with Crippen LogP contribution in [0, 0.1) is 10.1 Å². The number of hydrogen-bond donors (Lipinski definition) is 2. The number of nitrogens with zero attached hydrogens (tertiary/aromatic N) is 2. The first-order valence-corrected chi connectivity index (χ1v) is 8.97. The lowest BCUT2D eigenvalue weighted by Gasteiger charge is -2.25. The van der Waals surface area contributed by atoms with Crippen LogP contribution in [0.1, 0.15) is 31.2 Å². The summed E-state index contributed by atoms with van der Waals surface area (Å²) in [6, 6.07) is 5.50. The molecule has 146 valence electrons. The molecule has 0 aliphatic carbocycles. The third kappa shape index (κ3) is 3.51. The van der Waals surface area contributed by atoms with E-state index in [0.29, 0.717) is 23.4 Å². The zero-order valence-electron chi connectivity index (χ0n) is 14.8. The molecule has 0 saturated carbocycles. The van der Waals surface area contributed by atoms with Crippen LogP contribution in [-0.4, -0.2) is 41.4 Å². The Hall–Kier alpha value is -3.47. The number of amides is 3. The van der Waals surface area contributed by atoms with Crippen LogP contribution < -0.4 is 11.1 Å². The SMILES string of the molecule is COC(=O)N1CCc2c(sc(NC(=O)c3ccccc3[N+](=O)[O-])c2C(N)=O)C1. The number of ether oxygens (including phenoxy) is 1. The molecule has 0 atom stereocenters. The molecule has 3 N–H and O–H groups in total. The summed E-state index contributed by atoms with van der Waals surface area (Å²) in [7, 11) is 1.28. The molecule has 28 heavy (non-hydrogen) atoms. The van der Waals surface area contributed by atoms with Crippen molar-refractivity contribution in [1.82, 2.24) is 4.90 Å². The minimum Gasteiger partial charge on any atom is -0.453 e. The highest BCUT2D eigenvalue weighted by Gasteiger charge is 2.30. The van der Waals surface area contributed by atoms with Crippen molar-refractivity contribution in [2.75, 3.05) is 19.0 Å². The number of carbonyl (C=O) groups is 3. The summed E-state index contributed by atoms with van der Waals surface area (Å²) in [6.07, 6.45) is -0.120. The Bertz CT molecular complexity index is 986. The van der Waals surface area contributed by atoms with Crippen molar-refractivity contribution in [2.45, 2.75) is 13.0 Å². The van der Waals surface area contributed by atoms with E-state index in [9.17, 15) is 24.5 Å². The molecule has 0 unspecified atom stereocenters. The van der Waals surface area contributed by atoms with Gasteiger partial charge < -0.3 is 20.7 Å². The molecular formula is C17H16N4O6S. The molecule has 1 aromatic carbocycles. The summed E-state index contributed by atoms with van der Waals surface area (Å²) < 4.78 is 4.71. The van der Waals surface area contributed by atoms with Gasteiger partial charge in [0.15, 0.2) is 0 Å². The lowest BCUT2D eigenvalue weighted by molar-refractivity contribution is -0.385. The van der Waals surface area contributed by atoms with Crippen molar-refractivity contribution in [1.29, 1.82) is 0 Å². The van der Waals surface area contributed by atoms with Crippen LogP contribution in [0.2, 0.25) is 0 Å². The number of benzene rings is 1. The molecule has 1 aliphatic rings. The van der Waals surface area contributed by atoms with E-state index in [1.54, 1.807) is 0 Å². The van der Waals surface area contributed by atoms with E-state index in [0.717, 1.165) is 11.3 Å². The molecule has 1 aromatic heterocycles. The van der Waals surface area contributed by atoms with Crippen LogP contribution in [0.5, 0.6) is 0 Å². The molecule has 3 amide bonds. The minimum atomic E-state index is -0.724. The van der Waals surface area contributed by atoms with Gasteiger partial charge in [0.2, 0.25) is 0 Å². The van der Waals surface area contributed by atoms with Gasteiger partial charge in [-0.05, 0) is 18.1 Å². The van der Waals surface area contributed by atoms with E-state index >= 15 is 0 Å². The maximum Gasteiger partial charge on any atom is 0.409 e. The third-order valence-electron chi connectivity index (χ3n) is 4.31. The zero-order chi connectivity index (χ0) is 20.4. The fourth-order valence-corrected chi connectivity index (χ4v) is 4.30. The number of carbonyl (C=O) groups excluding carboxylic acids is 3. The first-order valence-electron chi connectivity index (χ1n) is 8.15. The second-order valence-electron chi connectivity index (χ2n) is 5.94. The number of para-hydroxylation sites is 1. The number of primary amides is 1. The molecular weight excluding hydrogens is 388 g/mol. The number of nitrogens with one attached hydrogen (secondary N) is 1. The van der Waals surface area contributed by atoms with Crippen LogP contribution in [0.25, 0.3) is 0 Å². The molecule has 1 aliphatic heterocycles. The quantitative estimate of drug-likeness (QED) is 0.590. The Morgan fingerprint density at radius 1 is 1.32 bits per heavy atom. The lowest BCUT2D eigenvalue weighted by Crippen LogP contribution is -2.35. The summed E-state index contributed by atoms with van der Waals surface area (Å²) >= 11 is 1.11. The topological polar surface area (TPSA) is 145 Å². The van der Waals surface area contributed by atoms with Gasteiger partial charge >= 0.3 is 6.09 Å². The molecule has 2 aromatic rings. The van der Waals surface area contributed by atoms with Crippen molar-refractivity contribution in [3.05, 3.63) is 55.9 Å². The molecule has 10 nitrogen and oxygen atoms in total. The highest BCUT2D eigenvalue weighted by molar-refractivity contribution is 7.17. The number of anilines is 1. The number of rotatable bonds is 4. The monoisotopic (exact) mass is 404 g/mol. The molecule has 0 saturated heterocycles. The van der Waals surface area contributed by atoms with Crippen LogP contribution >= 0.6 is 11.3 Å². The maximum atomic E-state index is 12.6. The van der Waals surface area contributed by atoms with Gasteiger partial charge in [-0.15, -0.1) is 11.3 Å². The van der Waals surface area contributed by atoms with E-state index < -0.39 is 22.8 Å². The number of nitro groups is 1. The van der Waals surface area contributed by atoms with E-state index in [-0.39, 0.29) is 28.4 Å². The average molecular weight is 404 g/mol. The van der Waals surface area contributed by atoms with Gasteiger partial charge in [-0.2, -0.15) is 0 Å². The Kier molecular flexibility index (Phi) is 5.27. The second-order valence-corrected chi connectivity index (χ2v) is 7.05. The van der Waals surface area contributed by atoms with Gasteiger partial charge in [-0.3, -0.25) is 19.7 Å². The van der Waals surface area contributed by atoms with Crippen LogP contribution in [-0.2, 0) is 17.7 Å². The van der Waals surface area contributed by atoms with E-state index in [4.69, 9.17) is 10.5 Å². The molecule has 0 bridgehead atoms. The summed E-state index contributed by atoms with van der Waals surface area (Å²) in [5.74, 6) is -1.44. The van der Waals surface area contributed by atoms with Crippen LogP contribution in [0.3, 0.4) is 0 Å². The fourth-order valence-electron chi connectivity index (χ4n) is 3.03. The minimum absolute atomic E-state index is 0.134. The molecule has 2 heterocycles. The van der Waals surface area contributed by atoms with Crippen LogP contribution in [0.15, 0.2) is 24.3 Å². The largest absolute Gasteiger partial charge is 0.453 e. The first kappa shape index (κ1) is 19.3. The van der Waals surface area contributed by atoms with Gasteiger partial charge in [0.1, 0.15) is 10.6 Å². The molecule has 0 radical (unpaired) electrons. The summed E-state index contributed by atoms with van der Waals surface area (Å²) in [5.41, 5.74) is 5.84. The number of nitrogens with two attached hydrogens (primary N) is 1. The van der Waals surface area contributed by atoms with Gasteiger partial charge in [0.05, 0.1) is 24.1 Å². The Morgan fingerprint density at radius 2 is 2.04 bits per heavy atom. The highest BCUT2D eigenvalue weighted by atomic mass is 32.1. The van der Waals surface area contributed by atoms with Gasteiger partial charge in [0.25, 0.3) is 17.5 Å². The van der Waals surface area contributed by atoms with Gasteiger partial charge in [-0.25, -0.2) is 4.79 Å². The van der Waals surface area contributed by atoms with Crippen molar-refractivity contribution >= 4 is 39.9 Å². The van der Waals surface area contributed by atoms with Crippen molar-refractivity contribution in [3.63, 3.8) is 0 Å². The normalized spacial score (nSPS) is 12.8. The Balaban J connectivity index is 1.94. The van der Waals surface area contributed by atoms with Crippen molar-refractivity contribution in [3.8, 4) is 0 Å². The van der Waals surface area contributed by atoms with E-state index in [1.165, 1.54) is 36.3 Å². The van der Waals surface area contributed by atoms with Crippen LogP contribution in [0.4, 0.5) is 15.5 Å². The molecule has 0 spiro atoms. The predicted octanol–water partition coefficient (Wildman–Crippen LogP) is 2.13. The lowest BCUT2D eigenvalue weighted by atomic mass is 10.0. The number of thiophene rings is 1. The van der Waals surface area contributed by atoms with Gasteiger partial charge in [-0.1, -0.05) is 12.1 Å². The number of hydrogen-bond acceptors (Lipinski definition) is 7. The highest BCUT2D eigenvalue weighted by Crippen LogP contribution is 2.37. The zero-order valence-corrected chi connectivity index (χ0v) is 15.6. The third-order valence-corrected chi connectivity index (χ3v) is 5.44. The molecule has 3 rings (SSSR count). The summed E-state index contributed by atoms with van der Waals surface area (Å²) in [5, 5.41) is 13.9. The predicted molar refractivity (Wildman–Crippen MR) is 100 cm³/mol. The second kappa shape index (κ2) is 7.64. The smallest absolute Gasteiger partial charge is 0.409 e. The van der Waals surface area contributed by atoms with Crippen molar-refractivity contribution in [2.24, 2.45) is 5.73 Å². The van der Waals surface area contributed by atoms with E-state index in [1.807, 2.05) is 0 Å². The van der Waals surface area contributed by atoms with Crippen molar-refractivity contribution < 1.29 is 24.0 Å². The molecule has 0 fully saturated rings. The first-order chi connectivity index (χ1) is 13.3. The maximum absolute atomic E-state index is 12.6. The summed E-state index contributed by atoms with van der Waals surface area (Å²) in [4.78, 5) is 49.0. The van der Waals surface area contributed by atoms with Gasteiger partial charge in [0, 0.05) is 17.5 Å². The van der Waals surface area contributed by atoms with E-state index in [2.05, 4.69) is 5.32 Å². The summed E-state index contributed by atoms with van der Waals surface area (Å²) in [6.45, 7) is 0.558. The Labute approximate surface area is 163 Å². The Morgan fingerprint density at radius 3 is 2.68 bits per heavy atom. The number of nitro benzene ring substituents is 1. The average Bonchev–Trinajstić information content (AvgIpc) is 3.04. The standard InChI is InChI=1S/C17H16N4O6S/c1-27-17(24)20-7-6-10-12(8-20)28-16(13(10)14(18)22)19-15(23)9-4-2-3-5-11(9)21(25)26/h2-5H,6-8H2,1H3,(H2,18,22)(H,19,23).